The van der Waals surface area contributed by atoms with Crippen molar-refractivity contribution in [3.8, 4) is 11.3 Å². The van der Waals surface area contributed by atoms with Gasteiger partial charge >= 0.3 is 5.97 Å². The van der Waals surface area contributed by atoms with Gasteiger partial charge in [0.2, 0.25) is 5.76 Å². The molecular weight excluding hydrogens is 362 g/mol. The van der Waals surface area contributed by atoms with Crippen molar-refractivity contribution in [2.24, 2.45) is 0 Å². The maximum atomic E-state index is 11.9. The van der Waals surface area contributed by atoms with Crippen LogP contribution in [-0.4, -0.2) is 17.1 Å². The summed E-state index contributed by atoms with van der Waals surface area (Å²) in [5.41, 5.74) is 3.20. The second kappa shape index (κ2) is 7.33. The number of hydrogen-bond donors (Lipinski definition) is 0. The van der Waals surface area contributed by atoms with E-state index in [1.165, 1.54) is 0 Å². The summed E-state index contributed by atoms with van der Waals surface area (Å²) in [5.74, 6) is 0.450. The number of fused-ring (bicyclic) bond motifs is 1. The summed E-state index contributed by atoms with van der Waals surface area (Å²) >= 11 is 6.18. The molecule has 0 unspecified atom stereocenters. The van der Waals surface area contributed by atoms with Gasteiger partial charge in [-0.25, -0.2) is 4.79 Å². The third kappa shape index (κ3) is 3.49. The molecule has 0 radical (unpaired) electrons. The summed E-state index contributed by atoms with van der Waals surface area (Å²) in [4.78, 5) is 11.9. The van der Waals surface area contributed by atoms with Crippen LogP contribution in [0.5, 0.6) is 0 Å². The summed E-state index contributed by atoms with van der Waals surface area (Å²) < 4.78 is 12.9. The molecule has 4 rings (SSSR count). The molecule has 0 spiro atoms. The molecule has 4 aromatic rings. The standard InChI is InChI=1S/C22H18ClNO3/c1-2-26-22(25)21-11-9-18(27-21)14-24-19-10-8-17(23)12-16(19)13-20(24)15-6-4-3-5-7-15/h3-13H,2,14H2,1H3. The number of hydrogen-bond acceptors (Lipinski definition) is 3. The highest BCUT2D eigenvalue weighted by Gasteiger charge is 2.16. The summed E-state index contributed by atoms with van der Waals surface area (Å²) in [6.45, 7) is 2.58. The van der Waals surface area contributed by atoms with Crippen LogP contribution in [0.1, 0.15) is 23.2 Å². The third-order valence-corrected chi connectivity index (χ3v) is 4.62. The Bertz CT molecular complexity index is 1100. The van der Waals surface area contributed by atoms with Gasteiger partial charge in [-0.05, 0) is 48.9 Å². The quantitative estimate of drug-likeness (QED) is 0.413. The molecule has 0 aliphatic rings. The van der Waals surface area contributed by atoms with E-state index < -0.39 is 5.97 Å². The van der Waals surface area contributed by atoms with Crippen molar-refractivity contribution in [1.82, 2.24) is 4.57 Å². The van der Waals surface area contributed by atoms with Crippen LogP contribution in [-0.2, 0) is 11.3 Å². The van der Waals surface area contributed by atoms with Crippen LogP contribution >= 0.6 is 11.6 Å². The molecule has 0 fully saturated rings. The Balaban J connectivity index is 1.77. The lowest BCUT2D eigenvalue weighted by atomic mass is 10.1. The van der Waals surface area contributed by atoms with Gasteiger partial charge in [0.1, 0.15) is 5.76 Å². The molecule has 5 heteroatoms. The molecule has 0 saturated carbocycles. The number of esters is 1. The molecule has 2 aromatic carbocycles. The van der Waals surface area contributed by atoms with E-state index in [0.29, 0.717) is 23.9 Å². The van der Waals surface area contributed by atoms with Gasteiger partial charge in [-0.15, -0.1) is 0 Å². The van der Waals surface area contributed by atoms with Gasteiger partial charge in [-0.3, -0.25) is 0 Å². The average Bonchev–Trinajstić information content (AvgIpc) is 3.28. The Morgan fingerprint density at radius 3 is 2.67 bits per heavy atom. The molecule has 0 atom stereocenters. The Labute approximate surface area is 161 Å². The Hall–Kier alpha value is -2.98. The number of aromatic nitrogens is 1. The number of rotatable bonds is 5. The molecule has 2 heterocycles. The van der Waals surface area contributed by atoms with Crippen molar-refractivity contribution in [2.75, 3.05) is 6.61 Å². The second-order valence-electron chi connectivity index (χ2n) is 6.17. The topological polar surface area (TPSA) is 44.4 Å². The van der Waals surface area contributed by atoms with Crippen molar-refractivity contribution in [2.45, 2.75) is 13.5 Å². The first-order valence-corrected chi connectivity index (χ1v) is 9.13. The number of nitrogens with zero attached hydrogens (tertiary/aromatic N) is 1. The second-order valence-corrected chi connectivity index (χ2v) is 6.61. The van der Waals surface area contributed by atoms with Gasteiger partial charge in [0.15, 0.2) is 0 Å². The summed E-state index contributed by atoms with van der Waals surface area (Å²) in [6, 6.07) is 21.5. The minimum Gasteiger partial charge on any atom is -0.460 e. The summed E-state index contributed by atoms with van der Waals surface area (Å²) in [6.07, 6.45) is 0. The zero-order valence-electron chi connectivity index (χ0n) is 14.8. The highest BCUT2D eigenvalue weighted by molar-refractivity contribution is 6.31. The van der Waals surface area contributed by atoms with Crippen molar-refractivity contribution < 1.29 is 13.9 Å². The lowest BCUT2D eigenvalue weighted by molar-refractivity contribution is 0.0488. The molecule has 4 nitrogen and oxygen atoms in total. The maximum Gasteiger partial charge on any atom is 0.374 e. The molecule has 0 aliphatic heterocycles. The van der Waals surface area contributed by atoms with Crippen molar-refractivity contribution in [3.63, 3.8) is 0 Å². The largest absolute Gasteiger partial charge is 0.460 e. The van der Waals surface area contributed by atoms with E-state index in [9.17, 15) is 4.79 Å². The van der Waals surface area contributed by atoms with Crippen molar-refractivity contribution in [3.05, 3.63) is 83.3 Å². The number of carbonyl (C=O) groups is 1. The van der Waals surface area contributed by atoms with Crippen LogP contribution in [0.3, 0.4) is 0 Å². The molecule has 0 amide bonds. The van der Waals surface area contributed by atoms with E-state index in [1.54, 1.807) is 13.0 Å². The van der Waals surface area contributed by atoms with Crippen molar-refractivity contribution in [1.29, 1.82) is 0 Å². The van der Waals surface area contributed by atoms with E-state index in [0.717, 1.165) is 22.2 Å². The lowest BCUT2D eigenvalue weighted by Crippen LogP contribution is -2.03. The fourth-order valence-electron chi connectivity index (χ4n) is 3.19. The maximum absolute atomic E-state index is 11.9. The fourth-order valence-corrected chi connectivity index (χ4v) is 3.37. The third-order valence-electron chi connectivity index (χ3n) is 4.39. The number of furan rings is 1. The van der Waals surface area contributed by atoms with E-state index in [2.05, 4.69) is 22.8 Å². The van der Waals surface area contributed by atoms with E-state index in [4.69, 9.17) is 20.8 Å². The first-order valence-electron chi connectivity index (χ1n) is 8.76. The average molecular weight is 380 g/mol. The van der Waals surface area contributed by atoms with Crippen LogP contribution in [0, 0.1) is 0 Å². The predicted molar refractivity (Wildman–Crippen MR) is 106 cm³/mol. The van der Waals surface area contributed by atoms with E-state index >= 15 is 0 Å². The SMILES string of the molecule is CCOC(=O)c1ccc(Cn2c(-c3ccccc3)cc3cc(Cl)ccc32)o1. The van der Waals surface area contributed by atoms with Crippen LogP contribution in [0.2, 0.25) is 5.02 Å². The molecule has 136 valence electrons. The van der Waals surface area contributed by atoms with Crippen LogP contribution in [0.4, 0.5) is 0 Å². The van der Waals surface area contributed by atoms with Crippen LogP contribution in [0.25, 0.3) is 22.2 Å². The molecule has 27 heavy (non-hydrogen) atoms. The predicted octanol–water partition coefficient (Wildman–Crippen LogP) is 5.78. The van der Waals surface area contributed by atoms with Crippen molar-refractivity contribution >= 4 is 28.5 Å². The highest BCUT2D eigenvalue weighted by Crippen LogP contribution is 2.31. The first-order chi connectivity index (χ1) is 13.2. The molecular formula is C22H18ClNO3. The number of benzene rings is 2. The Kier molecular flexibility index (Phi) is 4.73. The normalized spacial score (nSPS) is 11.0. The molecule has 0 saturated heterocycles. The first kappa shape index (κ1) is 17.4. The minimum atomic E-state index is -0.448. The van der Waals surface area contributed by atoms with Crippen LogP contribution in [0.15, 0.2) is 71.1 Å². The van der Waals surface area contributed by atoms with Gasteiger partial charge in [-0.1, -0.05) is 41.9 Å². The van der Waals surface area contributed by atoms with Gasteiger partial charge in [0.05, 0.1) is 13.2 Å². The van der Waals surface area contributed by atoms with E-state index in [1.807, 2.05) is 42.5 Å². The Morgan fingerprint density at radius 1 is 1.07 bits per heavy atom. The fraction of sp³-hybridized carbons (Fsp3) is 0.136. The highest BCUT2D eigenvalue weighted by atomic mass is 35.5. The summed E-state index contributed by atoms with van der Waals surface area (Å²) in [5, 5.41) is 1.75. The van der Waals surface area contributed by atoms with E-state index in [-0.39, 0.29) is 5.76 Å². The molecule has 2 aromatic heterocycles. The lowest BCUT2D eigenvalue weighted by Gasteiger charge is -2.10. The van der Waals surface area contributed by atoms with Gasteiger partial charge in [-0.2, -0.15) is 0 Å². The summed E-state index contributed by atoms with van der Waals surface area (Å²) in [7, 11) is 0. The number of ether oxygens (including phenoxy) is 1. The van der Waals surface area contributed by atoms with Gasteiger partial charge < -0.3 is 13.7 Å². The number of carbonyl (C=O) groups excluding carboxylic acids is 1. The zero-order chi connectivity index (χ0) is 18.8. The monoisotopic (exact) mass is 379 g/mol. The van der Waals surface area contributed by atoms with Crippen LogP contribution < -0.4 is 0 Å². The van der Waals surface area contributed by atoms with Gasteiger partial charge in [0.25, 0.3) is 0 Å². The smallest absolute Gasteiger partial charge is 0.374 e. The van der Waals surface area contributed by atoms with Gasteiger partial charge in [0, 0.05) is 21.6 Å². The minimum absolute atomic E-state index is 0.215. The molecule has 0 N–H and O–H groups in total. The molecule has 0 bridgehead atoms. The molecule has 0 aliphatic carbocycles. The Morgan fingerprint density at radius 2 is 1.89 bits per heavy atom. The zero-order valence-corrected chi connectivity index (χ0v) is 15.6. The number of halogens is 1.